The molecule has 0 radical (unpaired) electrons. The third-order valence-corrected chi connectivity index (χ3v) is 5.45. The molecule has 4 nitrogen and oxygen atoms in total. The zero-order valence-corrected chi connectivity index (χ0v) is 13.5. The van der Waals surface area contributed by atoms with Crippen molar-refractivity contribution in [3.63, 3.8) is 0 Å². The first-order chi connectivity index (χ1) is 11.1. The number of furan rings is 1. The van der Waals surface area contributed by atoms with Crippen LogP contribution < -0.4 is 0 Å². The molecule has 3 aromatic rings. The highest BCUT2D eigenvalue weighted by atomic mass is 32.2. The molecule has 0 saturated carbocycles. The van der Waals surface area contributed by atoms with E-state index >= 15 is 0 Å². The molecule has 0 aliphatic carbocycles. The summed E-state index contributed by atoms with van der Waals surface area (Å²) in [7, 11) is -2.00. The molecule has 0 fully saturated rings. The first kappa shape index (κ1) is 15.5. The highest BCUT2D eigenvalue weighted by molar-refractivity contribution is 7.89. The van der Waals surface area contributed by atoms with E-state index in [-0.39, 0.29) is 11.4 Å². The largest absolute Gasteiger partial charge is 0.468 e. The fourth-order valence-corrected chi connectivity index (χ4v) is 3.47. The lowest BCUT2D eigenvalue weighted by Gasteiger charge is -2.16. The lowest BCUT2D eigenvalue weighted by atomic mass is 10.1. The summed E-state index contributed by atoms with van der Waals surface area (Å²) in [6, 6.07) is 20.3. The average molecular weight is 327 g/mol. The summed E-state index contributed by atoms with van der Waals surface area (Å²) in [4.78, 5) is 0.270. The van der Waals surface area contributed by atoms with Crippen LogP contribution in [-0.2, 0) is 16.6 Å². The zero-order valence-electron chi connectivity index (χ0n) is 12.7. The second-order valence-corrected chi connectivity index (χ2v) is 7.28. The van der Waals surface area contributed by atoms with E-state index in [2.05, 4.69) is 0 Å². The Hall–Kier alpha value is -2.37. The number of nitrogens with zero attached hydrogens (tertiary/aromatic N) is 1. The molecule has 0 amide bonds. The van der Waals surface area contributed by atoms with E-state index in [1.807, 2.05) is 42.5 Å². The Morgan fingerprint density at radius 1 is 0.870 bits per heavy atom. The number of sulfonamides is 1. The van der Waals surface area contributed by atoms with Gasteiger partial charge < -0.3 is 4.42 Å². The van der Waals surface area contributed by atoms with Gasteiger partial charge in [-0.1, -0.05) is 42.5 Å². The number of hydrogen-bond acceptors (Lipinski definition) is 3. The third kappa shape index (κ3) is 3.36. The van der Waals surface area contributed by atoms with Crippen LogP contribution in [0.5, 0.6) is 0 Å². The quantitative estimate of drug-likeness (QED) is 0.717. The monoisotopic (exact) mass is 327 g/mol. The van der Waals surface area contributed by atoms with Crippen molar-refractivity contribution in [2.24, 2.45) is 0 Å². The number of rotatable bonds is 5. The average Bonchev–Trinajstić information content (AvgIpc) is 3.09. The summed E-state index contributed by atoms with van der Waals surface area (Å²) >= 11 is 0. The molecule has 0 saturated heterocycles. The Bertz CT molecular complexity index is 854. The summed E-state index contributed by atoms with van der Waals surface area (Å²) in [6.07, 6.45) is 1.53. The van der Waals surface area contributed by atoms with Crippen molar-refractivity contribution >= 4 is 10.0 Å². The molecule has 1 aromatic heterocycles. The van der Waals surface area contributed by atoms with Crippen molar-refractivity contribution in [1.82, 2.24) is 4.31 Å². The minimum atomic E-state index is -3.54. The van der Waals surface area contributed by atoms with Crippen LogP contribution in [0.15, 0.2) is 82.3 Å². The number of benzene rings is 2. The van der Waals surface area contributed by atoms with E-state index in [1.54, 1.807) is 31.3 Å². The molecule has 0 aliphatic rings. The van der Waals surface area contributed by atoms with Gasteiger partial charge in [-0.3, -0.25) is 0 Å². The Morgan fingerprint density at radius 2 is 1.52 bits per heavy atom. The van der Waals surface area contributed by atoms with Crippen LogP contribution >= 0.6 is 0 Å². The van der Waals surface area contributed by atoms with Gasteiger partial charge in [-0.25, -0.2) is 8.42 Å². The second kappa shape index (κ2) is 6.40. The van der Waals surface area contributed by atoms with Crippen molar-refractivity contribution in [3.8, 4) is 11.1 Å². The zero-order chi connectivity index (χ0) is 16.3. The fraction of sp³-hybridized carbons (Fsp3) is 0.111. The molecule has 0 atom stereocenters. The smallest absolute Gasteiger partial charge is 0.243 e. The predicted octanol–water partition coefficient (Wildman–Crippen LogP) is 3.77. The Balaban J connectivity index is 1.83. The summed E-state index contributed by atoms with van der Waals surface area (Å²) in [5.74, 6) is 0.608. The van der Waals surface area contributed by atoms with Crippen LogP contribution in [-0.4, -0.2) is 19.8 Å². The molecule has 0 unspecified atom stereocenters. The van der Waals surface area contributed by atoms with Gasteiger partial charge in [-0.15, -0.1) is 0 Å². The van der Waals surface area contributed by atoms with Crippen molar-refractivity contribution in [2.45, 2.75) is 11.4 Å². The molecule has 23 heavy (non-hydrogen) atoms. The van der Waals surface area contributed by atoms with Crippen LogP contribution in [0.1, 0.15) is 5.76 Å². The van der Waals surface area contributed by atoms with E-state index in [9.17, 15) is 8.42 Å². The van der Waals surface area contributed by atoms with Gasteiger partial charge in [-0.2, -0.15) is 4.31 Å². The van der Waals surface area contributed by atoms with Crippen molar-refractivity contribution in [1.29, 1.82) is 0 Å². The first-order valence-corrected chi connectivity index (χ1v) is 8.65. The summed E-state index contributed by atoms with van der Waals surface area (Å²) < 4.78 is 31.7. The topological polar surface area (TPSA) is 50.5 Å². The number of hydrogen-bond donors (Lipinski definition) is 0. The second-order valence-electron chi connectivity index (χ2n) is 5.23. The maximum Gasteiger partial charge on any atom is 0.243 e. The molecule has 0 aliphatic heterocycles. The Labute approximate surface area is 136 Å². The summed E-state index contributed by atoms with van der Waals surface area (Å²) in [5, 5.41) is 0. The van der Waals surface area contributed by atoms with Gasteiger partial charge in [0.25, 0.3) is 0 Å². The minimum Gasteiger partial charge on any atom is -0.468 e. The summed E-state index contributed by atoms with van der Waals surface area (Å²) in [6.45, 7) is 0.204. The van der Waals surface area contributed by atoms with E-state index < -0.39 is 10.0 Å². The van der Waals surface area contributed by atoms with E-state index in [0.717, 1.165) is 11.1 Å². The van der Waals surface area contributed by atoms with E-state index in [1.165, 1.54) is 10.6 Å². The van der Waals surface area contributed by atoms with Gasteiger partial charge in [0.15, 0.2) is 0 Å². The van der Waals surface area contributed by atoms with Crippen LogP contribution in [0.25, 0.3) is 11.1 Å². The van der Waals surface area contributed by atoms with Crippen LogP contribution in [0.2, 0.25) is 0 Å². The molecule has 0 spiro atoms. The molecular weight excluding hydrogens is 310 g/mol. The maximum absolute atomic E-state index is 12.6. The lowest BCUT2D eigenvalue weighted by Crippen LogP contribution is -2.26. The SMILES string of the molecule is CN(Cc1ccco1)S(=O)(=O)c1ccc(-c2ccccc2)cc1. The minimum absolute atomic E-state index is 0.204. The van der Waals surface area contributed by atoms with Crippen LogP contribution in [0.3, 0.4) is 0 Å². The van der Waals surface area contributed by atoms with Gasteiger partial charge in [0, 0.05) is 7.05 Å². The molecule has 2 aromatic carbocycles. The van der Waals surface area contributed by atoms with Gasteiger partial charge in [0.1, 0.15) is 5.76 Å². The van der Waals surface area contributed by atoms with Gasteiger partial charge in [0.2, 0.25) is 10.0 Å². The highest BCUT2D eigenvalue weighted by Crippen LogP contribution is 2.23. The molecule has 0 bridgehead atoms. The molecule has 0 N–H and O–H groups in total. The molecular formula is C18H17NO3S. The van der Waals surface area contributed by atoms with Crippen LogP contribution in [0.4, 0.5) is 0 Å². The maximum atomic E-state index is 12.6. The van der Waals surface area contributed by atoms with E-state index in [0.29, 0.717) is 5.76 Å². The predicted molar refractivity (Wildman–Crippen MR) is 89.2 cm³/mol. The lowest BCUT2D eigenvalue weighted by molar-refractivity contribution is 0.406. The van der Waals surface area contributed by atoms with Gasteiger partial charge >= 0.3 is 0 Å². The molecule has 1 heterocycles. The third-order valence-electron chi connectivity index (χ3n) is 3.63. The fourth-order valence-electron chi connectivity index (χ4n) is 2.34. The standard InChI is InChI=1S/C18H17NO3S/c1-19(14-17-8-5-13-22-17)23(20,21)18-11-9-16(10-12-18)15-6-3-2-4-7-15/h2-13H,14H2,1H3. The molecule has 5 heteroatoms. The van der Waals surface area contributed by atoms with Crippen LogP contribution in [0, 0.1) is 0 Å². The first-order valence-electron chi connectivity index (χ1n) is 7.21. The van der Waals surface area contributed by atoms with Crippen molar-refractivity contribution in [3.05, 3.63) is 78.8 Å². The Morgan fingerprint density at radius 3 is 2.13 bits per heavy atom. The van der Waals surface area contributed by atoms with Gasteiger partial charge in [-0.05, 0) is 35.4 Å². The van der Waals surface area contributed by atoms with E-state index in [4.69, 9.17) is 4.42 Å². The normalized spacial score (nSPS) is 11.7. The van der Waals surface area contributed by atoms with Gasteiger partial charge in [0.05, 0.1) is 17.7 Å². The Kier molecular flexibility index (Phi) is 4.32. The van der Waals surface area contributed by atoms with Crippen molar-refractivity contribution < 1.29 is 12.8 Å². The highest BCUT2D eigenvalue weighted by Gasteiger charge is 2.21. The molecule has 118 valence electrons. The molecule has 3 rings (SSSR count). The summed E-state index contributed by atoms with van der Waals surface area (Å²) in [5.41, 5.74) is 2.04. The van der Waals surface area contributed by atoms with Crippen molar-refractivity contribution in [2.75, 3.05) is 7.05 Å².